The maximum Gasteiger partial charge on any atom is 0.326 e. The summed E-state index contributed by atoms with van der Waals surface area (Å²) in [6.45, 7) is 3.72. The van der Waals surface area contributed by atoms with E-state index in [-0.39, 0.29) is 24.7 Å². The first kappa shape index (κ1) is 31.9. The minimum Gasteiger partial charge on any atom is -0.480 e. The highest BCUT2D eigenvalue weighted by molar-refractivity contribution is 7.98. The van der Waals surface area contributed by atoms with E-state index in [1.165, 1.54) is 11.8 Å². The van der Waals surface area contributed by atoms with Gasteiger partial charge in [0.1, 0.15) is 18.1 Å². The molecule has 14 nitrogen and oxygen atoms in total. The van der Waals surface area contributed by atoms with Crippen LogP contribution < -0.4 is 38.9 Å². The van der Waals surface area contributed by atoms with E-state index < -0.39 is 60.2 Å². The summed E-state index contributed by atoms with van der Waals surface area (Å²) in [4.78, 5) is 64.5. The fourth-order valence-corrected chi connectivity index (χ4v) is 3.36. The first-order valence-electron chi connectivity index (χ1n) is 11.0. The lowest BCUT2D eigenvalue weighted by molar-refractivity contribution is -0.143. The maximum atomic E-state index is 13.0. The number of aliphatic carboxylic acids is 1. The molecule has 200 valence electrons. The Morgan fingerprint density at radius 1 is 0.914 bits per heavy atom. The van der Waals surface area contributed by atoms with E-state index in [9.17, 15) is 29.1 Å². The van der Waals surface area contributed by atoms with Gasteiger partial charge in [-0.2, -0.15) is 11.8 Å². The Kier molecular flexibility index (Phi) is 15.1. The Hall–Kier alpha value is -3.07. The number of aliphatic imine (C=N–C) groups is 1. The fraction of sp³-hybridized carbons (Fsp3) is 0.700. The van der Waals surface area contributed by atoms with Gasteiger partial charge in [-0.1, -0.05) is 13.8 Å². The third-order valence-corrected chi connectivity index (χ3v) is 5.46. The largest absolute Gasteiger partial charge is 0.480 e. The molecular weight excluding hydrogens is 480 g/mol. The Labute approximate surface area is 208 Å². The molecule has 0 aliphatic heterocycles. The number of nitrogens with two attached hydrogens (primary N) is 4. The Balaban J connectivity index is 5.29. The summed E-state index contributed by atoms with van der Waals surface area (Å²) in [5.74, 6) is -4.25. The van der Waals surface area contributed by atoms with Crippen molar-refractivity contribution in [2.24, 2.45) is 33.8 Å². The number of thioether (sulfide) groups is 1. The number of carboxylic acids is 1. The Morgan fingerprint density at radius 3 is 2.00 bits per heavy atom. The Bertz CT molecular complexity index is 775. The molecule has 15 heteroatoms. The van der Waals surface area contributed by atoms with Gasteiger partial charge in [-0.05, 0) is 37.2 Å². The average molecular weight is 519 g/mol. The number of rotatable bonds is 17. The molecule has 0 rings (SSSR count). The van der Waals surface area contributed by atoms with Crippen molar-refractivity contribution in [3.63, 3.8) is 0 Å². The fourth-order valence-electron chi connectivity index (χ4n) is 2.89. The van der Waals surface area contributed by atoms with Gasteiger partial charge in [0, 0.05) is 6.54 Å². The number of guanidine groups is 1. The molecule has 0 aromatic carbocycles. The van der Waals surface area contributed by atoms with Crippen molar-refractivity contribution < 1.29 is 29.1 Å². The molecule has 4 atom stereocenters. The highest BCUT2D eigenvalue weighted by Crippen LogP contribution is 2.08. The van der Waals surface area contributed by atoms with Crippen molar-refractivity contribution in [1.29, 1.82) is 0 Å². The molecule has 0 saturated heterocycles. The van der Waals surface area contributed by atoms with Crippen LogP contribution in [0.2, 0.25) is 0 Å². The van der Waals surface area contributed by atoms with Gasteiger partial charge < -0.3 is 44.0 Å². The van der Waals surface area contributed by atoms with Crippen LogP contribution in [0.3, 0.4) is 0 Å². The zero-order chi connectivity index (χ0) is 27.1. The highest BCUT2D eigenvalue weighted by Gasteiger charge is 2.31. The van der Waals surface area contributed by atoms with E-state index in [1.807, 2.05) is 0 Å². The summed E-state index contributed by atoms with van der Waals surface area (Å²) >= 11 is 1.42. The molecule has 0 aromatic heterocycles. The summed E-state index contributed by atoms with van der Waals surface area (Å²) < 4.78 is 0. The van der Waals surface area contributed by atoms with Crippen molar-refractivity contribution in [1.82, 2.24) is 16.0 Å². The summed E-state index contributed by atoms with van der Waals surface area (Å²) in [5.41, 5.74) is 21.4. The van der Waals surface area contributed by atoms with Crippen molar-refractivity contribution in [2.75, 3.05) is 18.6 Å². The van der Waals surface area contributed by atoms with Crippen LogP contribution in [-0.4, -0.2) is 83.4 Å². The average Bonchev–Trinajstić information content (AvgIpc) is 2.75. The molecule has 35 heavy (non-hydrogen) atoms. The second kappa shape index (κ2) is 16.5. The number of carbonyl (C=O) groups is 5. The van der Waals surface area contributed by atoms with Gasteiger partial charge in [0.15, 0.2) is 5.96 Å². The minimum atomic E-state index is -1.54. The standard InChI is InChI=1S/C20H38N8O6S/c1-10(2)15(28-16(30)11(21)5-4-7-25-20(23)24)18(32)26-12(6-8-35-3)17(31)27-13(19(33)34)9-14(22)29/h10-13,15H,4-9,21H2,1-3H3,(H2,22,29)(H,26,32)(H,27,31)(H,28,30)(H,33,34)(H4,23,24,25). The molecule has 12 N–H and O–H groups in total. The molecule has 0 heterocycles. The second-order valence-corrected chi connectivity index (χ2v) is 9.18. The van der Waals surface area contributed by atoms with Crippen LogP contribution in [0.5, 0.6) is 0 Å². The molecule has 0 spiro atoms. The normalized spacial score (nSPS) is 14.2. The zero-order valence-corrected chi connectivity index (χ0v) is 21.1. The summed E-state index contributed by atoms with van der Waals surface area (Å²) in [5, 5.41) is 16.6. The van der Waals surface area contributed by atoms with Crippen molar-refractivity contribution in [2.45, 2.75) is 63.7 Å². The van der Waals surface area contributed by atoms with E-state index in [1.54, 1.807) is 20.1 Å². The van der Waals surface area contributed by atoms with Crippen molar-refractivity contribution in [3.8, 4) is 0 Å². The van der Waals surface area contributed by atoms with Gasteiger partial charge in [-0.15, -0.1) is 0 Å². The zero-order valence-electron chi connectivity index (χ0n) is 20.3. The van der Waals surface area contributed by atoms with Gasteiger partial charge in [0.05, 0.1) is 12.5 Å². The third kappa shape index (κ3) is 13.4. The number of nitrogens with one attached hydrogen (secondary N) is 3. The van der Waals surface area contributed by atoms with Gasteiger partial charge in [-0.3, -0.25) is 24.2 Å². The van der Waals surface area contributed by atoms with Crippen molar-refractivity contribution in [3.05, 3.63) is 0 Å². The summed E-state index contributed by atoms with van der Waals surface area (Å²) in [6, 6.07) is -4.54. The van der Waals surface area contributed by atoms with E-state index in [0.29, 0.717) is 18.7 Å². The lowest BCUT2D eigenvalue weighted by Crippen LogP contribution is -2.58. The predicted octanol–water partition coefficient (Wildman–Crippen LogP) is -2.81. The smallest absolute Gasteiger partial charge is 0.326 e. The number of primary amides is 1. The van der Waals surface area contributed by atoms with Crippen LogP contribution >= 0.6 is 11.8 Å². The van der Waals surface area contributed by atoms with Gasteiger partial charge in [0.25, 0.3) is 0 Å². The van der Waals surface area contributed by atoms with Crippen LogP contribution in [0, 0.1) is 5.92 Å². The van der Waals surface area contributed by atoms with Crippen LogP contribution in [0.25, 0.3) is 0 Å². The van der Waals surface area contributed by atoms with E-state index >= 15 is 0 Å². The van der Waals surface area contributed by atoms with E-state index in [2.05, 4.69) is 20.9 Å². The molecule has 0 bridgehead atoms. The van der Waals surface area contributed by atoms with Gasteiger partial charge >= 0.3 is 5.97 Å². The summed E-state index contributed by atoms with van der Waals surface area (Å²) in [6.07, 6.45) is 2.12. The number of carboxylic acid groups (broad SMARTS) is 1. The van der Waals surface area contributed by atoms with Gasteiger partial charge in [0.2, 0.25) is 23.6 Å². The van der Waals surface area contributed by atoms with Crippen LogP contribution in [0.15, 0.2) is 4.99 Å². The molecule has 0 fully saturated rings. The lowest BCUT2D eigenvalue weighted by atomic mass is 10.0. The van der Waals surface area contributed by atoms with E-state index in [4.69, 9.17) is 22.9 Å². The predicted molar refractivity (Wildman–Crippen MR) is 133 cm³/mol. The molecule has 0 aliphatic carbocycles. The minimum absolute atomic E-state index is 0.0658. The van der Waals surface area contributed by atoms with Crippen LogP contribution in [0.4, 0.5) is 0 Å². The molecule has 4 amide bonds. The molecule has 0 saturated carbocycles. The monoisotopic (exact) mass is 518 g/mol. The number of nitrogens with zero attached hydrogens (tertiary/aromatic N) is 1. The number of carbonyl (C=O) groups excluding carboxylic acids is 4. The molecule has 4 unspecified atom stereocenters. The number of amides is 4. The topological polar surface area (TPSA) is 258 Å². The summed E-state index contributed by atoms with van der Waals surface area (Å²) in [7, 11) is 0. The number of hydrogen-bond donors (Lipinski definition) is 8. The maximum absolute atomic E-state index is 13.0. The molecule has 0 aliphatic rings. The molecule has 0 radical (unpaired) electrons. The molecule has 0 aromatic rings. The SMILES string of the molecule is CSCCC(NC(=O)C(NC(=O)C(N)CCCN=C(N)N)C(C)C)C(=O)NC(CC(N)=O)C(=O)O. The lowest BCUT2D eigenvalue weighted by Gasteiger charge is -2.27. The molecular formula is C20H38N8O6S. The van der Waals surface area contributed by atoms with Crippen molar-refractivity contribution >= 4 is 47.3 Å². The first-order chi connectivity index (χ1) is 16.3. The number of hydrogen-bond acceptors (Lipinski definition) is 8. The Morgan fingerprint density at radius 2 is 1.51 bits per heavy atom. The van der Waals surface area contributed by atoms with Crippen LogP contribution in [0.1, 0.15) is 39.5 Å². The second-order valence-electron chi connectivity index (χ2n) is 8.20. The highest BCUT2D eigenvalue weighted by atomic mass is 32.2. The third-order valence-electron chi connectivity index (χ3n) is 4.81. The van der Waals surface area contributed by atoms with Crippen LogP contribution in [-0.2, 0) is 24.0 Å². The first-order valence-corrected chi connectivity index (χ1v) is 12.4. The van der Waals surface area contributed by atoms with E-state index in [0.717, 1.165) is 0 Å². The quantitative estimate of drug-likeness (QED) is 0.0556. The van der Waals surface area contributed by atoms with Gasteiger partial charge in [-0.25, -0.2) is 4.79 Å².